The van der Waals surface area contributed by atoms with Crippen LogP contribution in [-0.2, 0) is 34.3 Å². The maximum atomic E-state index is 14.3. The average molecular weight is 1000 g/mol. The molecule has 2 bridgehead atoms. The zero-order valence-corrected chi connectivity index (χ0v) is 40.3. The number of benzene rings is 4. The van der Waals surface area contributed by atoms with Gasteiger partial charge in [-0.25, -0.2) is 19.0 Å². The molecule has 12 nitrogen and oxygen atoms in total. The summed E-state index contributed by atoms with van der Waals surface area (Å²) in [4.78, 5) is 45.7. The topological polar surface area (TPSA) is 120 Å². The smallest absolute Gasteiger partial charge is 0.408 e. The number of aromatic nitrogens is 1. The summed E-state index contributed by atoms with van der Waals surface area (Å²) in [5.74, 6) is 0.535. The van der Waals surface area contributed by atoms with Gasteiger partial charge >= 0.3 is 24.6 Å². The summed E-state index contributed by atoms with van der Waals surface area (Å²) in [6.07, 6.45) is 5.90. The van der Waals surface area contributed by atoms with Gasteiger partial charge in [-0.1, -0.05) is 83.9 Å². The minimum atomic E-state index is -3.07. The van der Waals surface area contributed by atoms with E-state index in [0.29, 0.717) is 75.3 Å². The molecule has 4 aromatic carbocycles. The first-order chi connectivity index (χ1) is 33.4. The molecule has 10 rings (SSSR count). The predicted molar refractivity (Wildman–Crippen MR) is 257 cm³/mol. The molecule has 1 aromatic heterocycles. The quantitative estimate of drug-likeness (QED) is 0.0514. The molecule has 4 atom stereocenters. The van der Waals surface area contributed by atoms with E-state index in [-0.39, 0.29) is 24.0 Å². The Kier molecular flexibility index (Phi) is 15.6. The van der Waals surface area contributed by atoms with Crippen LogP contribution in [-0.4, -0.2) is 84.5 Å². The zero-order valence-electron chi connectivity index (χ0n) is 37.9. The fourth-order valence-corrected chi connectivity index (χ4v) is 11.0. The number of alkyl halides is 2. The molecule has 1 aliphatic carbocycles. The number of piperidine rings is 3. The molecule has 17 heteroatoms. The van der Waals surface area contributed by atoms with Gasteiger partial charge in [0.15, 0.2) is 29.3 Å². The Morgan fingerprint density at radius 2 is 1.59 bits per heavy atom. The molecule has 5 aliphatic rings. The molecular formula is C52H53Cl2F2N4O8S+. The van der Waals surface area contributed by atoms with Crippen molar-refractivity contribution in [2.45, 2.75) is 68.9 Å². The molecule has 1 amide bonds. The van der Waals surface area contributed by atoms with E-state index in [1.54, 1.807) is 72.5 Å². The van der Waals surface area contributed by atoms with Gasteiger partial charge in [0, 0.05) is 37.4 Å². The van der Waals surface area contributed by atoms with Gasteiger partial charge < -0.3 is 29.0 Å². The zero-order chi connectivity index (χ0) is 48.0. The first-order valence-electron chi connectivity index (χ1n) is 23.2. The summed E-state index contributed by atoms with van der Waals surface area (Å²) in [7, 11) is 1.79. The summed E-state index contributed by atoms with van der Waals surface area (Å²) in [6, 6.07) is 27.7. The Labute approximate surface area is 414 Å². The van der Waals surface area contributed by atoms with E-state index in [9.17, 15) is 23.2 Å². The number of ether oxygens (including phenoxy) is 5. The van der Waals surface area contributed by atoms with E-state index in [1.807, 2.05) is 47.4 Å². The molecule has 362 valence electrons. The van der Waals surface area contributed by atoms with Crippen molar-refractivity contribution >= 4 is 53.0 Å². The van der Waals surface area contributed by atoms with Gasteiger partial charge in [-0.05, 0) is 109 Å². The van der Waals surface area contributed by atoms with E-state index in [0.717, 1.165) is 56.4 Å². The molecule has 4 saturated heterocycles. The highest BCUT2D eigenvalue weighted by atomic mass is 35.5. The Bertz CT molecular complexity index is 2620. The molecule has 5 aromatic rings. The van der Waals surface area contributed by atoms with Gasteiger partial charge in [0.25, 0.3) is 0 Å². The molecule has 1 saturated carbocycles. The van der Waals surface area contributed by atoms with Crippen LogP contribution in [0.15, 0.2) is 109 Å². The molecule has 0 radical (unpaired) electrons. The van der Waals surface area contributed by atoms with E-state index in [1.165, 1.54) is 17.8 Å². The number of nitrogens with zero attached hydrogens (tertiary/aromatic N) is 3. The van der Waals surface area contributed by atoms with Gasteiger partial charge in [-0.15, -0.1) is 11.8 Å². The number of pyridine rings is 1. The molecule has 4 aliphatic heterocycles. The van der Waals surface area contributed by atoms with Crippen LogP contribution in [0, 0.1) is 11.8 Å². The second-order valence-electron chi connectivity index (χ2n) is 18.0. The number of alkyl carbamates (subject to hydrolysis) is 1. The number of aryl methyl sites for hydroxylation is 1. The predicted octanol–water partition coefficient (Wildman–Crippen LogP) is 9.74. The normalized spacial score (nSPS) is 20.8. The summed E-state index contributed by atoms with van der Waals surface area (Å²) in [5.41, 5.74) is 3.66. The van der Waals surface area contributed by atoms with Crippen LogP contribution < -0.4 is 24.1 Å². The van der Waals surface area contributed by atoms with Crippen molar-refractivity contribution in [2.24, 2.45) is 18.9 Å². The number of thioether (sulfide) groups is 1. The lowest BCUT2D eigenvalue weighted by Gasteiger charge is -2.43. The second kappa shape index (κ2) is 22.1. The van der Waals surface area contributed by atoms with Crippen LogP contribution >= 0.6 is 35.0 Å². The minimum Gasteiger partial charge on any atom is -0.489 e. The van der Waals surface area contributed by atoms with Crippen LogP contribution in [0.25, 0.3) is 0 Å². The van der Waals surface area contributed by atoms with Gasteiger partial charge in [0.2, 0.25) is 0 Å². The third-order valence-corrected chi connectivity index (χ3v) is 14.8. The van der Waals surface area contributed by atoms with Gasteiger partial charge in [-0.3, -0.25) is 9.80 Å². The number of nitrogens with one attached hydrogen (secondary N) is 1. The first-order valence-corrected chi connectivity index (χ1v) is 25.0. The fraction of sp³-hybridized carbons (Fsp3) is 0.385. The Balaban J connectivity index is 0.882. The number of carbonyl (C=O) groups excluding carboxylic acids is 3. The van der Waals surface area contributed by atoms with E-state index in [2.05, 4.69) is 10.2 Å². The fourth-order valence-electron chi connectivity index (χ4n) is 9.17. The van der Waals surface area contributed by atoms with Crippen LogP contribution in [0.4, 0.5) is 13.6 Å². The maximum absolute atomic E-state index is 14.3. The van der Waals surface area contributed by atoms with Crippen LogP contribution in [0.1, 0.15) is 76.0 Å². The minimum absolute atomic E-state index is 0.0849. The van der Waals surface area contributed by atoms with Gasteiger partial charge in [-0.2, -0.15) is 8.78 Å². The standard InChI is InChI=1S/C52H52Cl2F2N4O8S/c1-58-28-41(53)40(42(54)29-58)26-44(36-15-16-43(67-51(55)56)45(25-36)64-31-32-13-14-32)66-50(62)48-60(21-22-69-48)27-33-7-5-11-38(23-33)49(61)65-39-12-6-10-37(24-39)47(35-8-3-2-4-9-35)57-52(63)68-46-30-59-19-17-34(46)18-20-59/h2-12,15-16,23-25,28-29,32,34,44,46-48,51H,13-14,17-22,26-27,30-31H2,1H3/p+1/t44-,46-,47-,48-/m0/s1. The Morgan fingerprint density at radius 1 is 0.841 bits per heavy atom. The molecule has 1 N–H and O–H groups in total. The van der Waals surface area contributed by atoms with Crippen LogP contribution in [0.2, 0.25) is 10.0 Å². The van der Waals surface area contributed by atoms with Gasteiger partial charge in [0.1, 0.15) is 35.1 Å². The summed E-state index contributed by atoms with van der Waals surface area (Å²) in [5, 5.41) is 3.09. The highest BCUT2D eigenvalue weighted by molar-refractivity contribution is 8.00. The number of amides is 1. The van der Waals surface area contributed by atoms with Crippen LogP contribution in [0.5, 0.6) is 17.2 Å². The lowest BCUT2D eigenvalue weighted by atomic mass is 9.86. The SMILES string of the molecule is C[n+]1cc(Cl)c(C[C@H](OC(=O)[C@@H]2SCCN2Cc2cccc(C(=O)Oc3cccc([C@@H](NC(=O)O[C@H]4CN5CCC4CC5)c4ccccc4)c3)c2)c2ccc(OC(F)F)c(OCC3CC3)c2)c(Cl)c1. The average Bonchev–Trinajstić information content (AvgIpc) is 4.06. The number of fused-ring (bicyclic) bond motifs is 3. The van der Waals surface area contributed by atoms with E-state index >= 15 is 0 Å². The second-order valence-corrected chi connectivity index (χ2v) is 20.0. The number of carbonyl (C=O) groups is 3. The Hall–Kier alpha value is -5.45. The number of rotatable bonds is 18. The largest absolute Gasteiger partial charge is 0.489 e. The highest BCUT2D eigenvalue weighted by Crippen LogP contribution is 2.39. The van der Waals surface area contributed by atoms with Crippen LogP contribution in [0.3, 0.4) is 0 Å². The van der Waals surface area contributed by atoms with Crippen molar-refractivity contribution in [2.75, 3.05) is 38.5 Å². The van der Waals surface area contributed by atoms with E-state index < -0.39 is 42.2 Å². The molecular weight excluding hydrogens is 950 g/mol. The lowest BCUT2D eigenvalue weighted by molar-refractivity contribution is -0.671. The highest BCUT2D eigenvalue weighted by Gasteiger charge is 2.38. The number of halogens is 4. The molecule has 5 fully saturated rings. The summed E-state index contributed by atoms with van der Waals surface area (Å²) < 4.78 is 57.6. The monoisotopic (exact) mass is 1000 g/mol. The van der Waals surface area contributed by atoms with Crippen molar-refractivity contribution in [1.29, 1.82) is 0 Å². The van der Waals surface area contributed by atoms with E-state index in [4.69, 9.17) is 46.9 Å². The number of hydrogen-bond donors (Lipinski definition) is 1. The number of hydrogen-bond acceptors (Lipinski definition) is 11. The Morgan fingerprint density at radius 3 is 2.32 bits per heavy atom. The lowest BCUT2D eigenvalue weighted by Crippen LogP contribution is -2.52. The van der Waals surface area contributed by atoms with Gasteiger partial charge in [0.05, 0.1) is 18.2 Å². The molecule has 69 heavy (non-hydrogen) atoms. The van der Waals surface area contributed by atoms with Crippen molar-refractivity contribution in [3.8, 4) is 17.2 Å². The third-order valence-electron chi connectivity index (χ3n) is 13.0. The summed E-state index contributed by atoms with van der Waals surface area (Å²) in [6.45, 7) is 0.972. The van der Waals surface area contributed by atoms with Crippen molar-refractivity contribution < 1.29 is 51.4 Å². The molecule has 0 spiro atoms. The molecule has 0 unspecified atom stereocenters. The third kappa shape index (κ3) is 12.5. The van der Waals surface area contributed by atoms with Crippen molar-refractivity contribution in [3.63, 3.8) is 0 Å². The summed E-state index contributed by atoms with van der Waals surface area (Å²) >= 11 is 14.8. The molecule has 5 heterocycles. The first kappa shape index (κ1) is 48.6. The maximum Gasteiger partial charge on any atom is 0.408 e. The number of esters is 2. The van der Waals surface area contributed by atoms with Crippen molar-refractivity contribution in [3.05, 3.63) is 153 Å². The van der Waals surface area contributed by atoms with Crippen molar-refractivity contribution in [1.82, 2.24) is 15.1 Å².